The summed E-state index contributed by atoms with van der Waals surface area (Å²) in [5.41, 5.74) is 3.74. The van der Waals surface area contributed by atoms with Gasteiger partial charge >= 0.3 is 0 Å². The van der Waals surface area contributed by atoms with E-state index >= 15 is 0 Å². The van der Waals surface area contributed by atoms with E-state index in [1.165, 1.54) is 0 Å². The standard InChI is InChI=1S/C12H24N2O3/c1-7(2)5-9(13)11(15)14-10(12(16)17)6-8(3)4/h7-10H,5-6,13H2,1-4H3,(H,14,15)(H,16,17)/t9-,10+/m0/s1. The molecule has 0 aliphatic carbocycles. The van der Waals surface area contributed by atoms with Crippen molar-refractivity contribution in [2.24, 2.45) is 11.8 Å². The lowest BCUT2D eigenvalue weighted by Gasteiger charge is -2.22. The van der Waals surface area contributed by atoms with Crippen LogP contribution in [0.2, 0.25) is 0 Å². The molecule has 0 heterocycles. The van der Waals surface area contributed by atoms with Gasteiger partial charge < -0.3 is 21.0 Å². The maximum atomic E-state index is 11.7. The maximum absolute atomic E-state index is 11.7. The van der Waals surface area contributed by atoms with Gasteiger partial charge in [-0.25, -0.2) is 0 Å². The number of nitrogens with one attached hydrogen (secondary N) is 1. The number of aliphatic carboxylic acids is 1. The van der Waals surface area contributed by atoms with Gasteiger partial charge in [-0.1, -0.05) is 27.7 Å². The molecule has 0 aromatic rings. The van der Waals surface area contributed by atoms with Crippen LogP contribution in [0.25, 0.3) is 0 Å². The van der Waals surface area contributed by atoms with Gasteiger partial charge in [-0.05, 0) is 18.3 Å². The number of quaternary nitrogens is 1. The Morgan fingerprint density at radius 2 is 1.59 bits per heavy atom. The molecule has 0 aromatic carbocycles. The van der Waals surface area contributed by atoms with Crippen molar-refractivity contribution in [1.82, 2.24) is 5.32 Å². The number of hydrogen-bond donors (Lipinski definition) is 2. The second-order valence-electron chi connectivity index (χ2n) is 5.34. The van der Waals surface area contributed by atoms with Crippen LogP contribution in [0.5, 0.6) is 0 Å². The summed E-state index contributed by atoms with van der Waals surface area (Å²) >= 11 is 0. The van der Waals surface area contributed by atoms with Crippen molar-refractivity contribution < 1.29 is 20.4 Å². The summed E-state index contributed by atoms with van der Waals surface area (Å²) in [6, 6.07) is -1.33. The van der Waals surface area contributed by atoms with Gasteiger partial charge in [-0.2, -0.15) is 0 Å². The fraction of sp³-hybridized carbons (Fsp3) is 0.833. The average molecular weight is 244 g/mol. The van der Waals surface area contributed by atoms with Gasteiger partial charge in [0.15, 0.2) is 6.04 Å². The van der Waals surface area contributed by atoms with Crippen molar-refractivity contribution in [3.63, 3.8) is 0 Å². The number of carbonyl (C=O) groups is 2. The van der Waals surface area contributed by atoms with Crippen molar-refractivity contribution >= 4 is 11.9 Å². The summed E-state index contributed by atoms with van der Waals surface area (Å²) in [6.07, 6.45) is 1.02. The quantitative estimate of drug-likeness (QED) is 0.596. The molecule has 0 fully saturated rings. The van der Waals surface area contributed by atoms with Gasteiger partial charge in [0.2, 0.25) is 0 Å². The van der Waals surface area contributed by atoms with Crippen LogP contribution in [-0.2, 0) is 9.59 Å². The van der Waals surface area contributed by atoms with E-state index in [0.29, 0.717) is 18.8 Å². The van der Waals surface area contributed by atoms with Crippen molar-refractivity contribution in [1.29, 1.82) is 0 Å². The Morgan fingerprint density at radius 1 is 1.12 bits per heavy atom. The summed E-state index contributed by atoms with van der Waals surface area (Å²) in [7, 11) is 0. The molecular formula is C12H24N2O3. The lowest BCUT2D eigenvalue weighted by atomic mass is 10.0. The fourth-order valence-corrected chi connectivity index (χ4v) is 1.65. The normalized spacial score (nSPS) is 14.8. The zero-order chi connectivity index (χ0) is 13.6. The minimum Gasteiger partial charge on any atom is -0.548 e. The number of carboxylic acid groups (broad SMARTS) is 1. The van der Waals surface area contributed by atoms with Crippen LogP contribution in [0.3, 0.4) is 0 Å². The Bertz CT molecular complexity index is 264. The van der Waals surface area contributed by atoms with Crippen LogP contribution in [-0.4, -0.2) is 24.0 Å². The van der Waals surface area contributed by atoms with Gasteiger partial charge in [-0.15, -0.1) is 0 Å². The van der Waals surface area contributed by atoms with Gasteiger partial charge in [0, 0.05) is 6.42 Å². The SMILES string of the molecule is CC(C)C[C@H]([NH3+])C(=O)N[C@H](CC(C)C)C(=O)[O-]. The van der Waals surface area contributed by atoms with Gasteiger partial charge in [0.1, 0.15) is 0 Å². The fourth-order valence-electron chi connectivity index (χ4n) is 1.65. The summed E-state index contributed by atoms with van der Waals surface area (Å²) in [5.74, 6) is -1.00. The van der Waals surface area contributed by atoms with Gasteiger partial charge in [-0.3, -0.25) is 4.79 Å². The third kappa shape index (κ3) is 6.94. The molecule has 0 bridgehead atoms. The first kappa shape index (κ1) is 15.9. The highest BCUT2D eigenvalue weighted by atomic mass is 16.4. The molecule has 1 amide bonds. The van der Waals surface area contributed by atoms with E-state index in [9.17, 15) is 14.7 Å². The summed E-state index contributed by atoms with van der Waals surface area (Å²) in [5, 5.41) is 13.4. The molecule has 0 saturated heterocycles. The molecule has 0 unspecified atom stereocenters. The van der Waals surface area contributed by atoms with Crippen LogP contribution in [0.15, 0.2) is 0 Å². The van der Waals surface area contributed by atoms with Crippen LogP contribution < -0.4 is 16.2 Å². The Kier molecular flexibility index (Phi) is 6.80. The molecule has 0 aliphatic rings. The smallest absolute Gasteiger partial charge is 0.278 e. The molecule has 2 atom stereocenters. The summed E-state index contributed by atoms with van der Waals surface area (Å²) < 4.78 is 0. The third-order valence-corrected chi connectivity index (χ3v) is 2.43. The molecule has 0 saturated carbocycles. The first-order chi connectivity index (χ1) is 7.73. The molecule has 5 nitrogen and oxygen atoms in total. The Labute approximate surface area is 103 Å². The number of carbonyl (C=O) groups excluding carboxylic acids is 2. The highest BCUT2D eigenvalue weighted by Gasteiger charge is 2.22. The maximum Gasteiger partial charge on any atom is 0.278 e. The monoisotopic (exact) mass is 244 g/mol. The molecule has 100 valence electrons. The summed E-state index contributed by atoms with van der Waals surface area (Å²) in [4.78, 5) is 22.6. The van der Waals surface area contributed by atoms with E-state index < -0.39 is 18.1 Å². The van der Waals surface area contributed by atoms with E-state index in [1.54, 1.807) is 0 Å². The zero-order valence-electron chi connectivity index (χ0n) is 11.2. The van der Waals surface area contributed by atoms with Crippen molar-refractivity contribution in [3.8, 4) is 0 Å². The number of hydrogen-bond acceptors (Lipinski definition) is 3. The van der Waals surface area contributed by atoms with Crippen LogP contribution in [0.1, 0.15) is 40.5 Å². The molecule has 0 rings (SSSR count). The lowest BCUT2D eigenvalue weighted by Crippen LogP contribution is -2.69. The second kappa shape index (κ2) is 7.27. The Balaban J connectivity index is 4.35. The van der Waals surface area contributed by atoms with E-state index in [-0.39, 0.29) is 11.8 Å². The second-order valence-corrected chi connectivity index (χ2v) is 5.34. The van der Waals surface area contributed by atoms with Crippen molar-refractivity contribution in [2.75, 3.05) is 0 Å². The number of amides is 1. The van der Waals surface area contributed by atoms with Crippen LogP contribution in [0.4, 0.5) is 0 Å². The largest absolute Gasteiger partial charge is 0.548 e. The number of carboxylic acids is 1. The minimum atomic E-state index is -1.23. The number of rotatable bonds is 7. The van der Waals surface area contributed by atoms with Crippen molar-refractivity contribution in [2.45, 2.75) is 52.6 Å². The predicted molar refractivity (Wildman–Crippen MR) is 62.5 cm³/mol. The molecule has 5 heteroatoms. The summed E-state index contributed by atoms with van der Waals surface area (Å²) in [6.45, 7) is 7.79. The molecule has 17 heavy (non-hydrogen) atoms. The van der Waals surface area contributed by atoms with E-state index in [0.717, 1.165) is 0 Å². The zero-order valence-corrected chi connectivity index (χ0v) is 11.2. The van der Waals surface area contributed by atoms with Gasteiger partial charge in [0.05, 0.1) is 12.0 Å². The molecule has 4 N–H and O–H groups in total. The van der Waals surface area contributed by atoms with E-state index in [2.05, 4.69) is 11.1 Å². The van der Waals surface area contributed by atoms with Crippen molar-refractivity contribution in [3.05, 3.63) is 0 Å². The first-order valence-electron chi connectivity index (χ1n) is 6.08. The minimum absolute atomic E-state index is 0.187. The third-order valence-electron chi connectivity index (χ3n) is 2.43. The van der Waals surface area contributed by atoms with E-state index in [4.69, 9.17) is 0 Å². The molecule has 0 spiro atoms. The molecular weight excluding hydrogens is 220 g/mol. The highest BCUT2D eigenvalue weighted by Crippen LogP contribution is 2.06. The lowest BCUT2D eigenvalue weighted by molar-refractivity contribution is -0.406. The Morgan fingerprint density at radius 3 is 1.94 bits per heavy atom. The predicted octanol–water partition coefficient (Wildman–Crippen LogP) is -1.08. The Hall–Kier alpha value is -1.10. The topological polar surface area (TPSA) is 96.9 Å². The van der Waals surface area contributed by atoms with Crippen LogP contribution >= 0.6 is 0 Å². The molecule has 0 aromatic heterocycles. The first-order valence-corrected chi connectivity index (χ1v) is 6.08. The van der Waals surface area contributed by atoms with Gasteiger partial charge in [0.25, 0.3) is 5.91 Å². The molecule has 0 radical (unpaired) electrons. The molecule has 0 aliphatic heterocycles. The highest BCUT2D eigenvalue weighted by molar-refractivity contribution is 5.85. The van der Waals surface area contributed by atoms with E-state index in [1.807, 2.05) is 27.7 Å². The average Bonchev–Trinajstić information content (AvgIpc) is 2.14. The van der Waals surface area contributed by atoms with Crippen LogP contribution in [0, 0.1) is 11.8 Å².